The average Bonchev–Trinajstić information content (AvgIpc) is 3.21. The molecule has 1 amide bonds. The Morgan fingerprint density at radius 3 is 3.08 bits per heavy atom. The summed E-state index contributed by atoms with van der Waals surface area (Å²) in [6, 6.07) is 11.0. The van der Waals surface area contributed by atoms with Crippen molar-refractivity contribution < 1.29 is 14.3 Å². The zero-order valence-corrected chi connectivity index (χ0v) is 13.2. The molecule has 120 valence electrons. The number of halogens is 1. The summed E-state index contributed by atoms with van der Waals surface area (Å²) >= 11 is 6.12. The van der Waals surface area contributed by atoms with Crippen LogP contribution in [0.3, 0.4) is 0 Å². The van der Waals surface area contributed by atoms with Crippen LogP contribution in [0.4, 0.5) is 0 Å². The fourth-order valence-electron chi connectivity index (χ4n) is 2.46. The first-order chi connectivity index (χ1) is 11.7. The zero-order chi connectivity index (χ0) is 16.5. The van der Waals surface area contributed by atoms with Crippen LogP contribution in [-0.4, -0.2) is 22.4 Å². The normalized spacial score (nSPS) is 12.9. The van der Waals surface area contributed by atoms with Crippen molar-refractivity contribution in [3.63, 3.8) is 0 Å². The van der Waals surface area contributed by atoms with E-state index in [0.29, 0.717) is 16.5 Å². The van der Waals surface area contributed by atoms with Gasteiger partial charge in [0.1, 0.15) is 6.33 Å². The number of hydrogen-bond donors (Lipinski definition) is 1. The largest absolute Gasteiger partial charge is 0.454 e. The highest BCUT2D eigenvalue weighted by Crippen LogP contribution is 2.40. The second-order valence-corrected chi connectivity index (χ2v) is 5.56. The summed E-state index contributed by atoms with van der Waals surface area (Å²) in [6.07, 6.45) is 4.64. The van der Waals surface area contributed by atoms with Crippen molar-refractivity contribution in [2.75, 3.05) is 12.2 Å². The Bertz CT molecular complexity index is 965. The third-order valence-corrected chi connectivity index (χ3v) is 3.84. The molecule has 7 heteroatoms. The molecule has 1 N–H and O–H groups in total. The number of carbonyl (C=O) groups excluding carboxylic acids is 1. The number of carbonyl (C=O) groups is 1. The first-order valence-electron chi connectivity index (χ1n) is 7.21. The third kappa shape index (κ3) is 2.68. The Morgan fingerprint density at radius 2 is 2.17 bits per heavy atom. The molecule has 0 radical (unpaired) electrons. The lowest BCUT2D eigenvalue weighted by atomic mass is 10.2. The van der Waals surface area contributed by atoms with Crippen LogP contribution in [0.5, 0.6) is 11.5 Å². The van der Waals surface area contributed by atoms with Crippen molar-refractivity contribution in [1.82, 2.24) is 9.66 Å². The number of hydrogen-bond acceptors (Lipinski definition) is 4. The molecule has 4 rings (SSSR count). The molecule has 1 aliphatic rings. The van der Waals surface area contributed by atoms with E-state index in [1.165, 1.54) is 6.08 Å². The fourth-order valence-corrected chi connectivity index (χ4v) is 2.73. The predicted octanol–water partition coefficient (Wildman–Crippen LogP) is 3.20. The highest BCUT2D eigenvalue weighted by molar-refractivity contribution is 6.32. The average molecular weight is 342 g/mol. The van der Waals surface area contributed by atoms with Gasteiger partial charge in [0.15, 0.2) is 11.5 Å². The van der Waals surface area contributed by atoms with Crippen molar-refractivity contribution in [3.8, 4) is 11.5 Å². The number of fused-ring (bicyclic) bond motifs is 2. The maximum Gasteiger partial charge on any atom is 0.262 e. The van der Waals surface area contributed by atoms with E-state index in [0.717, 1.165) is 16.6 Å². The van der Waals surface area contributed by atoms with E-state index >= 15 is 0 Å². The van der Waals surface area contributed by atoms with Crippen LogP contribution >= 0.6 is 11.6 Å². The van der Waals surface area contributed by atoms with Crippen molar-refractivity contribution in [2.45, 2.75) is 0 Å². The number of nitrogens with zero attached hydrogens (tertiary/aromatic N) is 2. The minimum absolute atomic E-state index is 0.149. The van der Waals surface area contributed by atoms with E-state index in [1.54, 1.807) is 29.2 Å². The minimum Gasteiger partial charge on any atom is -0.454 e. The van der Waals surface area contributed by atoms with Gasteiger partial charge in [0.25, 0.3) is 5.91 Å². The molecular formula is C17H12ClN3O3. The Kier molecular flexibility index (Phi) is 3.59. The van der Waals surface area contributed by atoms with E-state index in [-0.39, 0.29) is 12.7 Å². The van der Waals surface area contributed by atoms with Gasteiger partial charge < -0.3 is 9.47 Å². The lowest BCUT2D eigenvalue weighted by Crippen LogP contribution is -2.19. The monoisotopic (exact) mass is 341 g/mol. The molecule has 0 bridgehead atoms. The first-order valence-corrected chi connectivity index (χ1v) is 7.59. The Labute approximate surface area is 142 Å². The number of aromatic nitrogens is 2. The summed E-state index contributed by atoms with van der Waals surface area (Å²) in [7, 11) is 0. The van der Waals surface area contributed by atoms with E-state index in [2.05, 4.69) is 10.4 Å². The van der Waals surface area contributed by atoms with Gasteiger partial charge in [-0.25, -0.2) is 9.66 Å². The highest BCUT2D eigenvalue weighted by atomic mass is 35.5. The van der Waals surface area contributed by atoms with E-state index < -0.39 is 0 Å². The number of rotatable bonds is 3. The minimum atomic E-state index is -0.285. The molecule has 2 heterocycles. The first kappa shape index (κ1) is 14.6. The van der Waals surface area contributed by atoms with Gasteiger partial charge in [-0.15, -0.1) is 0 Å². The molecule has 0 saturated heterocycles. The van der Waals surface area contributed by atoms with Crippen LogP contribution in [0.1, 0.15) is 5.56 Å². The van der Waals surface area contributed by atoms with Gasteiger partial charge in [-0.2, -0.15) is 0 Å². The summed E-state index contributed by atoms with van der Waals surface area (Å²) in [5.41, 5.74) is 5.12. The number of ether oxygens (including phenoxy) is 2. The lowest BCUT2D eigenvalue weighted by Gasteiger charge is -2.04. The number of para-hydroxylation sites is 2. The van der Waals surface area contributed by atoms with Crippen molar-refractivity contribution >= 4 is 34.6 Å². The van der Waals surface area contributed by atoms with Crippen molar-refractivity contribution in [3.05, 3.63) is 59.4 Å². The van der Waals surface area contributed by atoms with Gasteiger partial charge in [0.2, 0.25) is 6.79 Å². The lowest BCUT2D eigenvalue weighted by molar-refractivity contribution is -0.112. The molecule has 0 fully saturated rings. The van der Waals surface area contributed by atoms with Gasteiger partial charge >= 0.3 is 0 Å². The molecule has 3 aromatic rings. The molecule has 24 heavy (non-hydrogen) atoms. The summed E-state index contributed by atoms with van der Waals surface area (Å²) < 4.78 is 12.1. The zero-order valence-electron chi connectivity index (χ0n) is 12.4. The van der Waals surface area contributed by atoms with Gasteiger partial charge in [-0.05, 0) is 35.9 Å². The molecule has 1 aliphatic heterocycles. The highest BCUT2D eigenvalue weighted by Gasteiger charge is 2.17. The number of benzene rings is 2. The van der Waals surface area contributed by atoms with Crippen LogP contribution in [0.25, 0.3) is 17.1 Å². The Hall–Kier alpha value is -2.99. The summed E-state index contributed by atoms with van der Waals surface area (Å²) in [5.74, 6) is 0.818. The summed E-state index contributed by atoms with van der Waals surface area (Å²) in [5, 5.41) is 0.450. The van der Waals surface area contributed by atoms with Crippen LogP contribution in [0.2, 0.25) is 5.02 Å². The molecule has 0 spiro atoms. The second kappa shape index (κ2) is 5.90. The van der Waals surface area contributed by atoms with Gasteiger partial charge in [0, 0.05) is 6.08 Å². The number of amides is 1. The van der Waals surface area contributed by atoms with Crippen molar-refractivity contribution in [1.29, 1.82) is 0 Å². The molecule has 2 aromatic carbocycles. The molecule has 0 aliphatic carbocycles. The Morgan fingerprint density at radius 1 is 1.29 bits per heavy atom. The van der Waals surface area contributed by atoms with Crippen molar-refractivity contribution in [2.24, 2.45) is 0 Å². The summed E-state index contributed by atoms with van der Waals surface area (Å²) in [4.78, 5) is 16.3. The van der Waals surface area contributed by atoms with Gasteiger partial charge in [-0.3, -0.25) is 10.2 Å². The number of nitrogens with one attached hydrogen (secondary N) is 1. The van der Waals surface area contributed by atoms with E-state index in [9.17, 15) is 4.79 Å². The Balaban J connectivity index is 1.52. The maximum absolute atomic E-state index is 12.1. The van der Waals surface area contributed by atoms with E-state index in [1.807, 2.05) is 24.3 Å². The topological polar surface area (TPSA) is 65.4 Å². The van der Waals surface area contributed by atoms with Gasteiger partial charge in [0.05, 0.1) is 16.1 Å². The molecule has 0 unspecified atom stereocenters. The van der Waals surface area contributed by atoms with Gasteiger partial charge in [-0.1, -0.05) is 23.7 Å². The maximum atomic E-state index is 12.1. The fraction of sp³-hybridized carbons (Fsp3) is 0.0588. The predicted molar refractivity (Wildman–Crippen MR) is 90.7 cm³/mol. The molecule has 0 atom stereocenters. The smallest absolute Gasteiger partial charge is 0.262 e. The molecule has 6 nitrogen and oxygen atoms in total. The summed E-state index contributed by atoms with van der Waals surface area (Å²) in [6.45, 7) is 0.149. The number of imidazole rings is 1. The molecule has 0 saturated carbocycles. The quantitative estimate of drug-likeness (QED) is 0.743. The molecule has 1 aromatic heterocycles. The van der Waals surface area contributed by atoms with E-state index in [4.69, 9.17) is 21.1 Å². The molecular weight excluding hydrogens is 330 g/mol. The van der Waals surface area contributed by atoms with Crippen LogP contribution < -0.4 is 14.9 Å². The SMILES string of the molecule is O=C(/C=C/c1cc(Cl)c2c(c1)OCO2)Nn1cnc2ccccc21. The standard InChI is InChI=1S/C17H12ClN3O3/c18-12-7-11(8-15-17(12)24-10-23-15)5-6-16(22)20-21-9-19-13-3-1-2-4-14(13)21/h1-9H,10H2,(H,20,22)/b6-5+. The second-order valence-electron chi connectivity index (χ2n) is 5.15. The third-order valence-electron chi connectivity index (χ3n) is 3.56. The van der Waals surface area contributed by atoms with Crippen LogP contribution in [-0.2, 0) is 4.79 Å². The van der Waals surface area contributed by atoms with Crippen LogP contribution in [0.15, 0.2) is 48.8 Å². The van der Waals surface area contributed by atoms with Crippen LogP contribution in [0, 0.1) is 0 Å².